The zero-order valence-corrected chi connectivity index (χ0v) is 16.4. The van der Waals surface area contributed by atoms with Gasteiger partial charge in [0.1, 0.15) is 5.76 Å². The highest BCUT2D eigenvalue weighted by atomic mass is 16.4. The number of amides is 1. The van der Waals surface area contributed by atoms with E-state index in [4.69, 9.17) is 9.52 Å². The van der Waals surface area contributed by atoms with E-state index in [9.17, 15) is 9.59 Å². The third-order valence-electron chi connectivity index (χ3n) is 5.82. The van der Waals surface area contributed by atoms with Crippen LogP contribution in [0.15, 0.2) is 16.5 Å². The van der Waals surface area contributed by atoms with E-state index in [0.29, 0.717) is 31.3 Å². The van der Waals surface area contributed by atoms with Gasteiger partial charge in [0, 0.05) is 25.6 Å². The van der Waals surface area contributed by atoms with Crippen LogP contribution in [0.1, 0.15) is 48.4 Å². The highest BCUT2D eigenvalue weighted by Crippen LogP contribution is 2.26. The average Bonchev–Trinajstić information content (AvgIpc) is 3.31. The van der Waals surface area contributed by atoms with Gasteiger partial charge in [-0.3, -0.25) is 14.5 Å². The van der Waals surface area contributed by atoms with Crippen molar-refractivity contribution in [1.29, 1.82) is 0 Å². The van der Waals surface area contributed by atoms with E-state index in [1.807, 2.05) is 25.1 Å². The van der Waals surface area contributed by atoms with E-state index in [-0.39, 0.29) is 18.2 Å². The van der Waals surface area contributed by atoms with Crippen LogP contribution >= 0.6 is 0 Å². The van der Waals surface area contributed by atoms with Crippen LogP contribution in [0.5, 0.6) is 0 Å². The minimum Gasteiger partial charge on any atom is -0.481 e. The first-order valence-electron chi connectivity index (χ1n) is 9.92. The first-order valence-corrected chi connectivity index (χ1v) is 9.92. The number of hydrogen-bond donors (Lipinski definition) is 1. The van der Waals surface area contributed by atoms with Gasteiger partial charge < -0.3 is 19.3 Å². The number of carboxylic acid groups (broad SMARTS) is 1. The summed E-state index contributed by atoms with van der Waals surface area (Å²) in [5.74, 6) is 0.525. The summed E-state index contributed by atoms with van der Waals surface area (Å²) in [6, 6.07) is 3.98. The van der Waals surface area contributed by atoms with Crippen molar-refractivity contribution in [3.05, 3.63) is 23.7 Å². The van der Waals surface area contributed by atoms with Crippen molar-refractivity contribution in [2.75, 3.05) is 40.3 Å². The molecule has 0 aromatic carbocycles. The molecule has 27 heavy (non-hydrogen) atoms. The van der Waals surface area contributed by atoms with Crippen LogP contribution in [-0.4, -0.2) is 78.0 Å². The van der Waals surface area contributed by atoms with E-state index in [2.05, 4.69) is 9.80 Å². The molecule has 2 aliphatic heterocycles. The number of carbonyl (C=O) groups excluding carboxylic acids is 1. The fourth-order valence-electron chi connectivity index (χ4n) is 4.37. The molecular weight excluding hydrogens is 346 g/mol. The number of nitrogens with zero attached hydrogens (tertiary/aromatic N) is 3. The lowest BCUT2D eigenvalue weighted by Gasteiger charge is -2.41. The van der Waals surface area contributed by atoms with Gasteiger partial charge in [0.25, 0.3) is 5.91 Å². The van der Waals surface area contributed by atoms with Crippen molar-refractivity contribution in [1.82, 2.24) is 14.7 Å². The Kier molecular flexibility index (Phi) is 6.55. The molecule has 1 amide bonds. The molecular formula is C20H31N3O4. The Labute approximate surface area is 160 Å². The summed E-state index contributed by atoms with van der Waals surface area (Å²) >= 11 is 0. The van der Waals surface area contributed by atoms with Gasteiger partial charge in [-0.25, -0.2) is 0 Å². The zero-order valence-electron chi connectivity index (χ0n) is 16.4. The first-order chi connectivity index (χ1) is 12.9. The molecule has 2 aliphatic rings. The third-order valence-corrected chi connectivity index (χ3v) is 5.82. The van der Waals surface area contributed by atoms with Gasteiger partial charge in [-0.05, 0) is 70.9 Å². The van der Waals surface area contributed by atoms with Crippen molar-refractivity contribution in [2.24, 2.45) is 5.92 Å². The second kappa shape index (κ2) is 8.89. The number of rotatable bonds is 7. The van der Waals surface area contributed by atoms with Crippen LogP contribution in [0.25, 0.3) is 0 Å². The van der Waals surface area contributed by atoms with Crippen LogP contribution in [0, 0.1) is 5.92 Å². The van der Waals surface area contributed by atoms with Crippen LogP contribution in [-0.2, 0) is 11.3 Å². The zero-order chi connectivity index (χ0) is 19.4. The molecule has 0 spiro atoms. The maximum absolute atomic E-state index is 12.9. The molecule has 2 saturated heterocycles. The number of furan rings is 1. The highest BCUT2D eigenvalue weighted by Gasteiger charge is 2.34. The summed E-state index contributed by atoms with van der Waals surface area (Å²) in [4.78, 5) is 30.2. The summed E-state index contributed by atoms with van der Waals surface area (Å²) in [6.45, 7) is 4.20. The first kappa shape index (κ1) is 19.9. The van der Waals surface area contributed by atoms with Gasteiger partial charge in [0.05, 0.1) is 6.54 Å². The van der Waals surface area contributed by atoms with Crippen molar-refractivity contribution in [3.8, 4) is 0 Å². The molecule has 1 N–H and O–H groups in total. The molecule has 7 nitrogen and oxygen atoms in total. The standard InChI is InChI=1S/C20H31N3O4/c1-21(2)17-9-12-23(13-15(17)5-8-19(24)25)20(26)18-7-6-16(27-18)14-22-10-3-4-11-22/h6-7,15,17H,3-5,8-14H2,1-2H3,(H,24,25)/t15-,17+/m1/s1. The molecule has 1 aromatic rings. The largest absolute Gasteiger partial charge is 0.481 e. The molecule has 0 radical (unpaired) electrons. The third kappa shape index (κ3) is 5.11. The van der Waals surface area contributed by atoms with Crippen LogP contribution in [0.3, 0.4) is 0 Å². The van der Waals surface area contributed by atoms with Gasteiger partial charge in [0.2, 0.25) is 0 Å². The van der Waals surface area contributed by atoms with E-state index in [1.165, 1.54) is 12.8 Å². The molecule has 0 bridgehead atoms. The minimum atomic E-state index is -0.784. The van der Waals surface area contributed by atoms with Gasteiger partial charge in [0.15, 0.2) is 5.76 Å². The Balaban J connectivity index is 1.62. The fourth-order valence-corrected chi connectivity index (χ4v) is 4.37. The van der Waals surface area contributed by atoms with Crippen LogP contribution in [0.2, 0.25) is 0 Å². The van der Waals surface area contributed by atoms with Crippen molar-refractivity contribution in [3.63, 3.8) is 0 Å². The fraction of sp³-hybridized carbons (Fsp3) is 0.700. The van der Waals surface area contributed by atoms with Gasteiger partial charge in [-0.15, -0.1) is 0 Å². The highest BCUT2D eigenvalue weighted by molar-refractivity contribution is 5.91. The number of hydrogen-bond acceptors (Lipinski definition) is 5. The lowest BCUT2D eigenvalue weighted by molar-refractivity contribution is -0.137. The number of carboxylic acids is 1. The Bertz CT molecular complexity index is 651. The van der Waals surface area contributed by atoms with Crippen molar-refractivity contribution >= 4 is 11.9 Å². The van der Waals surface area contributed by atoms with E-state index >= 15 is 0 Å². The number of aliphatic carboxylic acids is 1. The Hall–Kier alpha value is -1.86. The monoisotopic (exact) mass is 377 g/mol. The molecule has 1 aromatic heterocycles. The molecule has 0 saturated carbocycles. The Morgan fingerprint density at radius 1 is 1.22 bits per heavy atom. The maximum Gasteiger partial charge on any atom is 0.303 e. The summed E-state index contributed by atoms with van der Waals surface area (Å²) in [7, 11) is 4.04. The van der Waals surface area contributed by atoms with E-state index < -0.39 is 5.97 Å². The quantitative estimate of drug-likeness (QED) is 0.784. The summed E-state index contributed by atoms with van der Waals surface area (Å²) in [5.41, 5.74) is 0. The average molecular weight is 377 g/mol. The normalized spacial score (nSPS) is 23.9. The summed E-state index contributed by atoms with van der Waals surface area (Å²) in [6.07, 6.45) is 4.03. The van der Waals surface area contributed by atoms with Gasteiger partial charge in [-0.2, -0.15) is 0 Å². The Morgan fingerprint density at radius 2 is 1.96 bits per heavy atom. The molecule has 0 aliphatic carbocycles. The minimum absolute atomic E-state index is 0.0831. The molecule has 150 valence electrons. The van der Waals surface area contributed by atoms with Crippen molar-refractivity contribution in [2.45, 2.75) is 44.7 Å². The predicted molar refractivity (Wildman–Crippen MR) is 102 cm³/mol. The molecule has 0 unspecified atom stereocenters. The molecule has 7 heteroatoms. The van der Waals surface area contributed by atoms with Gasteiger partial charge in [-0.1, -0.05) is 0 Å². The number of piperidine rings is 1. The van der Waals surface area contributed by atoms with Crippen LogP contribution in [0.4, 0.5) is 0 Å². The van der Waals surface area contributed by atoms with Gasteiger partial charge >= 0.3 is 5.97 Å². The summed E-state index contributed by atoms with van der Waals surface area (Å²) < 4.78 is 5.83. The lowest BCUT2D eigenvalue weighted by atomic mass is 9.87. The SMILES string of the molecule is CN(C)[C@H]1CCN(C(=O)c2ccc(CN3CCCC3)o2)C[C@H]1CCC(=O)O. The molecule has 3 heterocycles. The molecule has 3 rings (SSSR count). The van der Waals surface area contributed by atoms with Crippen molar-refractivity contribution < 1.29 is 19.1 Å². The predicted octanol–water partition coefficient (Wildman–Crippen LogP) is 2.13. The smallest absolute Gasteiger partial charge is 0.303 e. The second-order valence-electron chi connectivity index (χ2n) is 8.01. The Morgan fingerprint density at radius 3 is 2.63 bits per heavy atom. The molecule has 2 fully saturated rings. The summed E-state index contributed by atoms with van der Waals surface area (Å²) in [5, 5.41) is 9.03. The molecule has 2 atom stereocenters. The number of carbonyl (C=O) groups is 2. The van der Waals surface area contributed by atoms with Crippen LogP contribution < -0.4 is 0 Å². The van der Waals surface area contributed by atoms with E-state index in [0.717, 1.165) is 31.8 Å². The topological polar surface area (TPSA) is 77.2 Å². The second-order valence-corrected chi connectivity index (χ2v) is 8.01. The van der Waals surface area contributed by atoms with E-state index in [1.54, 1.807) is 6.07 Å². The lowest BCUT2D eigenvalue weighted by Crippen LogP contribution is -2.50. The maximum atomic E-state index is 12.9. The number of likely N-dealkylation sites (tertiary alicyclic amines) is 2.